The Hall–Kier alpha value is -2.08. The number of amides is 2. The molecular weight excluding hydrogens is 282 g/mol. The highest BCUT2D eigenvalue weighted by molar-refractivity contribution is 5.93. The van der Waals surface area contributed by atoms with Gasteiger partial charge in [-0.2, -0.15) is 0 Å². The van der Waals surface area contributed by atoms with Crippen molar-refractivity contribution in [2.45, 2.75) is 19.9 Å². The highest BCUT2D eigenvalue weighted by Crippen LogP contribution is 2.18. The fraction of sp³-hybridized carbons (Fsp3) is 0.500. The van der Waals surface area contributed by atoms with E-state index in [1.807, 2.05) is 19.1 Å². The molecule has 1 heterocycles. The van der Waals surface area contributed by atoms with Gasteiger partial charge in [0.2, 0.25) is 0 Å². The van der Waals surface area contributed by atoms with Crippen molar-refractivity contribution in [3.63, 3.8) is 0 Å². The highest BCUT2D eigenvalue weighted by Gasteiger charge is 2.30. The molecule has 6 nitrogen and oxygen atoms in total. The van der Waals surface area contributed by atoms with Crippen molar-refractivity contribution >= 4 is 17.7 Å². The van der Waals surface area contributed by atoms with E-state index in [0.29, 0.717) is 0 Å². The van der Waals surface area contributed by atoms with Crippen LogP contribution in [0.3, 0.4) is 0 Å². The summed E-state index contributed by atoms with van der Waals surface area (Å²) in [5, 5.41) is 2.24. The number of imide groups is 1. The summed E-state index contributed by atoms with van der Waals surface area (Å²) in [7, 11) is 1.25. The van der Waals surface area contributed by atoms with E-state index >= 15 is 0 Å². The van der Waals surface area contributed by atoms with Crippen LogP contribution in [0.4, 0.5) is 10.5 Å². The van der Waals surface area contributed by atoms with Crippen LogP contribution in [0.15, 0.2) is 24.3 Å². The van der Waals surface area contributed by atoms with Gasteiger partial charge in [-0.15, -0.1) is 0 Å². The van der Waals surface area contributed by atoms with Crippen LogP contribution < -0.4 is 15.1 Å². The number of alkyl carbamates (subject to hydrolysis) is 1. The summed E-state index contributed by atoms with van der Waals surface area (Å²) >= 11 is 0. The van der Waals surface area contributed by atoms with Gasteiger partial charge in [0, 0.05) is 5.69 Å². The predicted octanol–water partition coefficient (Wildman–Crippen LogP) is -0.0290. The third kappa shape index (κ3) is 3.76. The van der Waals surface area contributed by atoms with Crippen molar-refractivity contribution in [3.8, 4) is 0 Å². The summed E-state index contributed by atoms with van der Waals surface area (Å²) in [6.45, 7) is 7.48. The molecular formula is C16H24N3O3+. The molecule has 6 heteroatoms. The molecule has 120 valence electrons. The number of carbonyl (C=O) groups is 2. The minimum Gasteiger partial charge on any atom is -0.453 e. The minimum absolute atomic E-state index is 0.266. The number of benzene rings is 1. The first-order chi connectivity index (χ1) is 10.5. The summed E-state index contributed by atoms with van der Waals surface area (Å²) in [4.78, 5) is 26.6. The number of anilines is 1. The number of quaternary nitrogens is 1. The molecule has 0 aromatic heterocycles. The summed E-state index contributed by atoms with van der Waals surface area (Å²) in [5.74, 6) is -0.286. The first kappa shape index (κ1) is 16.3. The molecule has 1 atom stereocenters. The smallest absolute Gasteiger partial charge is 0.413 e. The second-order valence-corrected chi connectivity index (χ2v) is 5.63. The van der Waals surface area contributed by atoms with E-state index < -0.39 is 6.09 Å². The molecule has 0 bridgehead atoms. The van der Waals surface area contributed by atoms with Crippen LogP contribution in [0.25, 0.3) is 0 Å². The number of rotatable bonds is 3. The second kappa shape index (κ2) is 7.26. The molecule has 0 spiro atoms. The Morgan fingerprint density at radius 2 is 1.91 bits per heavy atom. The van der Waals surface area contributed by atoms with Gasteiger partial charge in [0.15, 0.2) is 6.04 Å². The Balaban J connectivity index is 1.90. The monoisotopic (exact) mass is 306 g/mol. The van der Waals surface area contributed by atoms with E-state index in [4.69, 9.17) is 0 Å². The Bertz CT molecular complexity index is 539. The lowest BCUT2D eigenvalue weighted by Crippen LogP contribution is -3.19. The Morgan fingerprint density at radius 3 is 2.50 bits per heavy atom. The van der Waals surface area contributed by atoms with Crippen molar-refractivity contribution in [2.75, 3.05) is 38.2 Å². The number of methoxy groups -OCH3 is 1. The van der Waals surface area contributed by atoms with E-state index in [2.05, 4.69) is 34.0 Å². The first-order valence-corrected chi connectivity index (χ1v) is 7.57. The molecule has 22 heavy (non-hydrogen) atoms. The SMILES string of the molecule is COC(=O)NC(=O)[C@H](C)[NH+]1CCN(c2ccccc2C)CC1. The van der Waals surface area contributed by atoms with Crippen molar-refractivity contribution in [1.82, 2.24) is 5.32 Å². The van der Waals surface area contributed by atoms with Gasteiger partial charge in [-0.05, 0) is 25.5 Å². The van der Waals surface area contributed by atoms with Crippen LogP contribution in [-0.4, -0.2) is 51.3 Å². The summed E-state index contributed by atoms with van der Waals surface area (Å²) in [6, 6.07) is 8.07. The van der Waals surface area contributed by atoms with Crippen LogP contribution in [0.5, 0.6) is 0 Å². The number of aryl methyl sites for hydroxylation is 1. The third-order valence-electron chi connectivity index (χ3n) is 4.28. The molecule has 0 aliphatic carbocycles. The van der Waals surface area contributed by atoms with Crippen LogP contribution in [0.1, 0.15) is 12.5 Å². The quantitative estimate of drug-likeness (QED) is 0.823. The zero-order chi connectivity index (χ0) is 16.1. The predicted molar refractivity (Wildman–Crippen MR) is 84.1 cm³/mol. The maximum atomic E-state index is 12.0. The summed E-state index contributed by atoms with van der Waals surface area (Å²) < 4.78 is 4.46. The normalized spacial score (nSPS) is 17.0. The summed E-state index contributed by atoms with van der Waals surface area (Å²) in [5.41, 5.74) is 2.52. The van der Waals surface area contributed by atoms with Gasteiger partial charge in [0.1, 0.15) is 0 Å². The molecule has 1 aliphatic rings. The van der Waals surface area contributed by atoms with Crippen LogP contribution in [-0.2, 0) is 9.53 Å². The van der Waals surface area contributed by atoms with Crippen LogP contribution in [0, 0.1) is 6.92 Å². The van der Waals surface area contributed by atoms with E-state index in [9.17, 15) is 9.59 Å². The van der Waals surface area contributed by atoms with Gasteiger partial charge >= 0.3 is 6.09 Å². The number of nitrogens with one attached hydrogen (secondary N) is 2. The number of ether oxygens (including phenoxy) is 1. The molecule has 1 aromatic carbocycles. The van der Waals surface area contributed by atoms with Gasteiger partial charge in [-0.25, -0.2) is 4.79 Å². The standard InChI is InChI=1S/C16H23N3O3/c1-12-6-4-5-7-14(12)19-10-8-18(9-11-19)13(2)15(20)17-16(21)22-3/h4-7,13H,8-11H2,1-3H3,(H,17,20,21)/p+1/t13-/m0/s1. The van der Waals surface area contributed by atoms with Crippen molar-refractivity contribution in [1.29, 1.82) is 0 Å². The van der Waals surface area contributed by atoms with Crippen LogP contribution >= 0.6 is 0 Å². The number of para-hydroxylation sites is 1. The summed E-state index contributed by atoms with van der Waals surface area (Å²) in [6.07, 6.45) is -0.699. The lowest BCUT2D eigenvalue weighted by molar-refractivity contribution is -0.914. The maximum Gasteiger partial charge on any atom is 0.413 e. The minimum atomic E-state index is -0.699. The molecule has 1 aromatic rings. The van der Waals surface area contributed by atoms with Crippen molar-refractivity contribution < 1.29 is 19.2 Å². The zero-order valence-corrected chi connectivity index (χ0v) is 13.4. The van der Waals surface area contributed by atoms with Crippen molar-refractivity contribution in [3.05, 3.63) is 29.8 Å². The topological polar surface area (TPSA) is 63.1 Å². The molecule has 2 rings (SSSR count). The maximum absolute atomic E-state index is 12.0. The highest BCUT2D eigenvalue weighted by atomic mass is 16.5. The second-order valence-electron chi connectivity index (χ2n) is 5.63. The van der Waals surface area contributed by atoms with Gasteiger partial charge in [0.25, 0.3) is 5.91 Å². The molecule has 0 saturated carbocycles. The van der Waals surface area contributed by atoms with Crippen molar-refractivity contribution in [2.24, 2.45) is 0 Å². The molecule has 2 N–H and O–H groups in total. The largest absolute Gasteiger partial charge is 0.453 e. The fourth-order valence-electron chi connectivity index (χ4n) is 2.83. The molecule has 2 amide bonds. The first-order valence-electron chi connectivity index (χ1n) is 7.57. The van der Waals surface area contributed by atoms with E-state index in [0.717, 1.165) is 26.2 Å². The molecule has 1 aliphatic heterocycles. The zero-order valence-electron chi connectivity index (χ0n) is 13.4. The lowest BCUT2D eigenvalue weighted by Gasteiger charge is -2.36. The van der Waals surface area contributed by atoms with Gasteiger partial charge in [-0.1, -0.05) is 18.2 Å². The Morgan fingerprint density at radius 1 is 1.27 bits per heavy atom. The fourth-order valence-corrected chi connectivity index (χ4v) is 2.83. The molecule has 1 fully saturated rings. The van der Waals surface area contributed by atoms with Gasteiger partial charge in [0.05, 0.1) is 33.3 Å². The van der Waals surface area contributed by atoms with Gasteiger partial charge in [-0.3, -0.25) is 10.1 Å². The van der Waals surface area contributed by atoms with E-state index in [1.54, 1.807) is 0 Å². The number of hydrogen-bond acceptors (Lipinski definition) is 4. The molecule has 0 radical (unpaired) electrons. The van der Waals surface area contributed by atoms with Crippen LogP contribution in [0.2, 0.25) is 0 Å². The number of carbonyl (C=O) groups excluding carboxylic acids is 2. The number of hydrogen-bond donors (Lipinski definition) is 2. The third-order valence-corrected chi connectivity index (χ3v) is 4.28. The van der Waals surface area contributed by atoms with Gasteiger partial charge < -0.3 is 14.5 Å². The Kier molecular flexibility index (Phi) is 5.38. The average molecular weight is 306 g/mol. The van der Waals surface area contributed by atoms with E-state index in [1.165, 1.54) is 23.3 Å². The number of piperazine rings is 1. The lowest BCUT2D eigenvalue weighted by atomic mass is 10.1. The number of nitrogens with zero attached hydrogens (tertiary/aromatic N) is 1. The molecule has 1 saturated heterocycles. The molecule has 0 unspecified atom stereocenters. The van der Waals surface area contributed by atoms with E-state index in [-0.39, 0.29) is 11.9 Å². The average Bonchev–Trinajstić information content (AvgIpc) is 2.54. The Labute approximate surface area is 131 Å².